The second-order valence-electron chi connectivity index (χ2n) is 8.47. The van der Waals surface area contributed by atoms with E-state index < -0.39 is 12.3 Å². The Kier molecular flexibility index (Phi) is 8.78. The lowest BCUT2D eigenvalue weighted by Gasteiger charge is -2.27. The highest BCUT2D eigenvalue weighted by atomic mass is 32.1. The Bertz CT molecular complexity index is 1360. The highest BCUT2D eigenvalue weighted by Gasteiger charge is 2.21. The summed E-state index contributed by atoms with van der Waals surface area (Å²) in [5, 5.41) is 28.2. The largest absolute Gasteiger partial charge is 0.504 e. The van der Waals surface area contributed by atoms with Gasteiger partial charge in [0.05, 0.1) is 12.1 Å². The number of anilines is 3. The molecule has 2 amide bonds. The maximum absolute atomic E-state index is 12.5. The van der Waals surface area contributed by atoms with E-state index in [0.29, 0.717) is 17.8 Å². The average molecular weight is 533 g/mol. The van der Waals surface area contributed by atoms with Crippen LogP contribution in [0.2, 0.25) is 0 Å². The molecule has 10 heteroatoms. The van der Waals surface area contributed by atoms with E-state index in [4.69, 9.17) is 4.74 Å². The van der Waals surface area contributed by atoms with E-state index in [0.717, 1.165) is 21.3 Å². The maximum Gasteiger partial charge on any atom is 0.410 e. The third kappa shape index (κ3) is 7.47. The van der Waals surface area contributed by atoms with Crippen LogP contribution in [0.1, 0.15) is 18.2 Å². The summed E-state index contributed by atoms with van der Waals surface area (Å²) in [5.41, 5.74) is 3.15. The monoisotopic (exact) mass is 532 g/mol. The number of aromatic hydroxyl groups is 1. The number of phenols is 1. The Balaban J connectivity index is 1.26. The summed E-state index contributed by atoms with van der Waals surface area (Å²) < 4.78 is 5.64. The van der Waals surface area contributed by atoms with Gasteiger partial charge in [0.1, 0.15) is 0 Å². The lowest BCUT2D eigenvalue weighted by atomic mass is 10.1. The molecule has 1 atom stereocenters. The second-order valence-corrected chi connectivity index (χ2v) is 9.33. The molecule has 1 unspecified atom stereocenters. The van der Waals surface area contributed by atoms with Crippen molar-refractivity contribution in [2.45, 2.75) is 26.0 Å². The van der Waals surface area contributed by atoms with Gasteiger partial charge in [0, 0.05) is 23.3 Å². The first-order chi connectivity index (χ1) is 18.4. The molecular weight excluding hydrogens is 504 g/mol. The molecule has 4 aromatic rings. The first kappa shape index (κ1) is 26.5. The fraction of sp³-hybridized carbons (Fsp3) is 0.179. The molecule has 0 saturated carbocycles. The number of nitrogens with zero attached hydrogens (tertiary/aromatic N) is 2. The van der Waals surface area contributed by atoms with Crippen LogP contribution >= 0.6 is 11.3 Å². The van der Waals surface area contributed by atoms with E-state index in [1.807, 2.05) is 47.8 Å². The standard InChI is InChI=1S/C28H28N4O5S/c1-19(37-25-10-6-5-9-24(25)33)32(28(35)36)16-15-20-11-13-22(14-12-20)29-26(34)17-23-18-38-27(31-23)30-21-7-3-2-4-8-21/h2-14,18-19,33H,15-17H2,1H3,(H,29,34)(H,30,31)(H,35,36). The van der Waals surface area contributed by atoms with Crippen LogP contribution in [0.3, 0.4) is 0 Å². The maximum atomic E-state index is 12.5. The second kappa shape index (κ2) is 12.6. The van der Waals surface area contributed by atoms with Crippen molar-refractivity contribution in [3.63, 3.8) is 0 Å². The zero-order chi connectivity index (χ0) is 26.9. The van der Waals surface area contributed by atoms with Gasteiger partial charge in [-0.1, -0.05) is 42.5 Å². The van der Waals surface area contributed by atoms with Gasteiger partial charge in [-0.05, 0) is 55.3 Å². The summed E-state index contributed by atoms with van der Waals surface area (Å²) in [7, 11) is 0. The van der Waals surface area contributed by atoms with Crippen LogP contribution in [0.5, 0.6) is 11.5 Å². The predicted octanol–water partition coefficient (Wildman–Crippen LogP) is 5.72. The van der Waals surface area contributed by atoms with Gasteiger partial charge in [-0.15, -0.1) is 11.3 Å². The lowest BCUT2D eigenvalue weighted by Crippen LogP contribution is -2.42. The molecular formula is C28H28N4O5S. The van der Waals surface area contributed by atoms with Crippen LogP contribution in [0.25, 0.3) is 0 Å². The van der Waals surface area contributed by atoms with Crippen LogP contribution in [-0.2, 0) is 17.6 Å². The Hall–Kier alpha value is -4.57. The van der Waals surface area contributed by atoms with Crippen molar-refractivity contribution < 1.29 is 24.5 Å². The Labute approximate surface area is 224 Å². The molecule has 0 bridgehead atoms. The smallest absolute Gasteiger partial charge is 0.410 e. The molecule has 0 saturated heterocycles. The number of rotatable bonds is 11. The van der Waals surface area contributed by atoms with Crippen molar-refractivity contribution >= 4 is 39.8 Å². The Morgan fingerprint density at radius 3 is 2.42 bits per heavy atom. The van der Waals surface area contributed by atoms with Crippen LogP contribution < -0.4 is 15.4 Å². The molecule has 38 heavy (non-hydrogen) atoms. The van der Waals surface area contributed by atoms with Crippen molar-refractivity contribution in [1.82, 2.24) is 9.88 Å². The van der Waals surface area contributed by atoms with Crippen molar-refractivity contribution in [3.05, 3.63) is 95.5 Å². The topological polar surface area (TPSA) is 124 Å². The van der Waals surface area contributed by atoms with Crippen LogP contribution in [0.4, 0.5) is 21.3 Å². The van der Waals surface area contributed by atoms with E-state index >= 15 is 0 Å². The minimum absolute atomic E-state index is 0.0543. The summed E-state index contributed by atoms with van der Waals surface area (Å²) >= 11 is 1.44. The normalized spacial score (nSPS) is 11.4. The van der Waals surface area contributed by atoms with E-state index in [1.165, 1.54) is 17.4 Å². The van der Waals surface area contributed by atoms with E-state index in [-0.39, 0.29) is 30.4 Å². The fourth-order valence-electron chi connectivity index (χ4n) is 3.70. The number of amides is 2. The van der Waals surface area contributed by atoms with E-state index in [2.05, 4.69) is 15.6 Å². The lowest BCUT2D eigenvalue weighted by molar-refractivity contribution is -0.115. The van der Waals surface area contributed by atoms with Gasteiger partial charge in [0.15, 0.2) is 22.9 Å². The molecule has 0 fully saturated rings. The molecule has 4 rings (SSSR count). The third-order valence-electron chi connectivity index (χ3n) is 5.64. The molecule has 1 heterocycles. The zero-order valence-corrected chi connectivity index (χ0v) is 21.5. The number of hydrogen-bond acceptors (Lipinski definition) is 7. The van der Waals surface area contributed by atoms with Crippen molar-refractivity contribution in [1.29, 1.82) is 0 Å². The van der Waals surface area contributed by atoms with Gasteiger partial charge < -0.3 is 25.6 Å². The average Bonchev–Trinajstić information content (AvgIpc) is 3.33. The number of carboxylic acid groups (broad SMARTS) is 1. The quantitative estimate of drug-likeness (QED) is 0.182. The molecule has 3 aromatic carbocycles. The number of para-hydroxylation sites is 3. The number of benzene rings is 3. The molecule has 0 radical (unpaired) electrons. The fourth-order valence-corrected chi connectivity index (χ4v) is 4.43. The number of thiazole rings is 1. The first-order valence-electron chi connectivity index (χ1n) is 12.0. The molecule has 4 N–H and O–H groups in total. The third-order valence-corrected chi connectivity index (χ3v) is 6.45. The number of hydrogen-bond donors (Lipinski definition) is 4. The number of nitrogens with one attached hydrogen (secondary N) is 2. The van der Waals surface area contributed by atoms with Gasteiger partial charge in [-0.2, -0.15) is 0 Å². The van der Waals surface area contributed by atoms with Crippen LogP contribution in [0, 0.1) is 0 Å². The summed E-state index contributed by atoms with van der Waals surface area (Å²) in [6.45, 7) is 1.81. The van der Waals surface area contributed by atoms with Crippen molar-refractivity contribution in [2.75, 3.05) is 17.2 Å². The highest BCUT2D eigenvalue weighted by Crippen LogP contribution is 2.26. The van der Waals surface area contributed by atoms with Crippen molar-refractivity contribution in [3.8, 4) is 11.5 Å². The summed E-state index contributed by atoms with van der Waals surface area (Å²) in [6, 6.07) is 23.4. The van der Waals surface area contributed by atoms with Crippen LogP contribution in [0.15, 0.2) is 84.2 Å². The summed E-state index contributed by atoms with van der Waals surface area (Å²) in [4.78, 5) is 29.9. The molecule has 1 aromatic heterocycles. The Morgan fingerprint density at radius 1 is 1.00 bits per heavy atom. The zero-order valence-electron chi connectivity index (χ0n) is 20.7. The number of ether oxygens (including phenoxy) is 1. The highest BCUT2D eigenvalue weighted by molar-refractivity contribution is 7.13. The minimum Gasteiger partial charge on any atom is -0.504 e. The molecule has 0 aliphatic heterocycles. The summed E-state index contributed by atoms with van der Waals surface area (Å²) in [5.74, 6) is -0.0180. The van der Waals surface area contributed by atoms with Gasteiger partial charge in [0.25, 0.3) is 0 Å². The Morgan fingerprint density at radius 2 is 1.71 bits per heavy atom. The number of phenolic OH excluding ortho intramolecular Hbond substituents is 1. The van der Waals surface area contributed by atoms with E-state index in [1.54, 1.807) is 37.3 Å². The van der Waals surface area contributed by atoms with Crippen molar-refractivity contribution in [2.24, 2.45) is 0 Å². The summed E-state index contributed by atoms with van der Waals surface area (Å²) in [6.07, 6.45) is -1.32. The molecule has 196 valence electrons. The minimum atomic E-state index is -1.12. The molecule has 0 aliphatic rings. The van der Waals surface area contributed by atoms with Crippen LogP contribution in [-0.4, -0.2) is 44.9 Å². The number of carbonyl (C=O) groups excluding carboxylic acids is 1. The van der Waals surface area contributed by atoms with Gasteiger partial charge in [0.2, 0.25) is 5.91 Å². The molecule has 0 spiro atoms. The van der Waals surface area contributed by atoms with E-state index in [9.17, 15) is 19.8 Å². The SMILES string of the molecule is CC(Oc1ccccc1O)N(CCc1ccc(NC(=O)Cc2csc(Nc3ccccc3)n2)cc1)C(=O)O. The molecule has 0 aliphatic carbocycles. The number of aromatic nitrogens is 1. The number of carbonyl (C=O) groups is 2. The molecule has 9 nitrogen and oxygen atoms in total. The van der Waals surface area contributed by atoms with Gasteiger partial charge >= 0.3 is 6.09 Å². The predicted molar refractivity (Wildman–Crippen MR) is 147 cm³/mol. The van der Waals surface area contributed by atoms with Gasteiger partial charge in [-0.25, -0.2) is 9.78 Å². The first-order valence-corrected chi connectivity index (χ1v) is 12.8. The van der Waals surface area contributed by atoms with Gasteiger partial charge in [-0.3, -0.25) is 9.69 Å².